The number of benzene rings is 1. The van der Waals surface area contributed by atoms with Gasteiger partial charge in [-0.2, -0.15) is 0 Å². The summed E-state index contributed by atoms with van der Waals surface area (Å²) in [7, 11) is 5.27. The first-order valence-corrected chi connectivity index (χ1v) is 8.47. The molecule has 1 amide bonds. The van der Waals surface area contributed by atoms with Gasteiger partial charge in [-0.15, -0.1) is 0 Å². The van der Waals surface area contributed by atoms with E-state index in [1.165, 1.54) is 0 Å². The molecule has 1 unspecified atom stereocenters. The fourth-order valence-electron chi connectivity index (χ4n) is 3.52. The number of hydrogen-bond donors (Lipinski definition) is 1. The second-order valence-electron chi connectivity index (χ2n) is 5.76. The van der Waals surface area contributed by atoms with Crippen LogP contribution in [0.5, 0.6) is 11.5 Å². The van der Waals surface area contributed by atoms with Gasteiger partial charge in [0, 0.05) is 29.8 Å². The number of fused-ring (bicyclic) bond motifs is 1. The summed E-state index contributed by atoms with van der Waals surface area (Å²) in [6, 6.07) is 1.94. The van der Waals surface area contributed by atoms with E-state index in [0.29, 0.717) is 19.7 Å². The second-order valence-corrected chi connectivity index (χ2v) is 5.76. The van der Waals surface area contributed by atoms with Gasteiger partial charge >= 0.3 is 6.09 Å². The van der Waals surface area contributed by atoms with E-state index in [4.69, 9.17) is 14.2 Å². The largest absolute Gasteiger partial charge is 0.496 e. The van der Waals surface area contributed by atoms with Crippen molar-refractivity contribution >= 4 is 6.09 Å². The molecule has 0 saturated heterocycles. The summed E-state index contributed by atoms with van der Waals surface area (Å²) in [5, 5.41) is 3.17. The first-order valence-electron chi connectivity index (χ1n) is 8.47. The highest BCUT2D eigenvalue weighted by atomic mass is 16.6. The Kier molecular flexibility index (Phi) is 6.31. The van der Waals surface area contributed by atoms with Crippen LogP contribution in [0.4, 0.5) is 4.79 Å². The predicted molar refractivity (Wildman–Crippen MR) is 92.8 cm³/mol. The lowest BCUT2D eigenvalue weighted by atomic mass is 9.87. The summed E-state index contributed by atoms with van der Waals surface area (Å²) >= 11 is 0. The Balaban J connectivity index is 2.56. The van der Waals surface area contributed by atoms with Crippen LogP contribution in [0, 0.1) is 0 Å². The number of nitrogens with one attached hydrogen (secondary N) is 1. The van der Waals surface area contributed by atoms with Crippen molar-refractivity contribution in [1.29, 1.82) is 0 Å². The monoisotopic (exact) mass is 336 g/mol. The van der Waals surface area contributed by atoms with E-state index in [2.05, 4.69) is 12.2 Å². The van der Waals surface area contributed by atoms with Gasteiger partial charge in [-0.3, -0.25) is 0 Å². The minimum absolute atomic E-state index is 0.0692. The zero-order valence-corrected chi connectivity index (χ0v) is 15.3. The van der Waals surface area contributed by atoms with Crippen LogP contribution in [-0.2, 0) is 17.7 Å². The fraction of sp³-hybridized carbons (Fsp3) is 0.611. The van der Waals surface area contributed by atoms with Gasteiger partial charge in [0.15, 0.2) is 0 Å². The Hall–Kier alpha value is -1.95. The lowest BCUT2D eigenvalue weighted by Gasteiger charge is -2.38. The van der Waals surface area contributed by atoms with Gasteiger partial charge in [0.2, 0.25) is 0 Å². The van der Waals surface area contributed by atoms with Gasteiger partial charge in [-0.1, -0.05) is 6.92 Å². The first-order chi connectivity index (χ1) is 11.6. The molecular weight excluding hydrogens is 308 g/mol. The van der Waals surface area contributed by atoms with E-state index < -0.39 is 0 Å². The van der Waals surface area contributed by atoms with Crippen molar-refractivity contribution in [3.05, 3.63) is 22.8 Å². The van der Waals surface area contributed by atoms with Crippen LogP contribution in [0.15, 0.2) is 6.07 Å². The van der Waals surface area contributed by atoms with Gasteiger partial charge in [-0.25, -0.2) is 4.79 Å². The fourth-order valence-corrected chi connectivity index (χ4v) is 3.52. The van der Waals surface area contributed by atoms with Crippen LogP contribution in [-0.4, -0.2) is 45.4 Å². The molecule has 1 aromatic rings. The molecule has 1 aliphatic rings. The molecule has 24 heavy (non-hydrogen) atoms. The van der Waals surface area contributed by atoms with E-state index in [-0.39, 0.29) is 12.1 Å². The SMILES string of the molecule is CCOC(=O)N1CCc2c(OC)c(CNC)cc(OC)c2C1CC. The maximum absolute atomic E-state index is 12.3. The van der Waals surface area contributed by atoms with Crippen molar-refractivity contribution in [2.24, 2.45) is 0 Å². The van der Waals surface area contributed by atoms with Crippen molar-refractivity contribution in [2.75, 3.05) is 34.4 Å². The quantitative estimate of drug-likeness (QED) is 0.865. The molecule has 1 aliphatic heterocycles. The number of amides is 1. The van der Waals surface area contributed by atoms with Crippen molar-refractivity contribution in [3.8, 4) is 11.5 Å². The Morgan fingerprint density at radius 1 is 1.33 bits per heavy atom. The van der Waals surface area contributed by atoms with Crippen molar-refractivity contribution < 1.29 is 19.0 Å². The zero-order chi connectivity index (χ0) is 17.7. The lowest BCUT2D eigenvalue weighted by Crippen LogP contribution is -2.40. The third kappa shape index (κ3) is 3.29. The summed E-state index contributed by atoms with van der Waals surface area (Å²) < 4.78 is 16.6. The Labute approximate surface area is 144 Å². The van der Waals surface area contributed by atoms with Crippen LogP contribution in [0.3, 0.4) is 0 Å². The normalized spacial score (nSPS) is 16.5. The third-order valence-corrected chi connectivity index (χ3v) is 4.45. The number of carbonyl (C=O) groups excluding carboxylic acids is 1. The van der Waals surface area contributed by atoms with Crippen LogP contribution >= 0.6 is 0 Å². The summed E-state index contributed by atoms with van der Waals surface area (Å²) in [6.45, 7) is 5.59. The maximum Gasteiger partial charge on any atom is 0.410 e. The minimum atomic E-state index is -0.268. The molecule has 6 heteroatoms. The number of rotatable bonds is 6. The molecule has 0 fully saturated rings. The highest BCUT2D eigenvalue weighted by molar-refractivity contribution is 5.70. The molecule has 0 bridgehead atoms. The van der Waals surface area contributed by atoms with Crippen LogP contribution in [0.25, 0.3) is 0 Å². The third-order valence-electron chi connectivity index (χ3n) is 4.45. The summed E-state index contributed by atoms with van der Waals surface area (Å²) in [6.07, 6.45) is 1.24. The number of nitrogens with zero attached hydrogens (tertiary/aromatic N) is 1. The molecular formula is C18H28N2O4. The molecule has 1 N–H and O–H groups in total. The molecule has 0 saturated carbocycles. The maximum atomic E-state index is 12.3. The van der Waals surface area contributed by atoms with Gasteiger partial charge in [0.25, 0.3) is 0 Å². The number of methoxy groups -OCH3 is 2. The molecule has 2 rings (SSSR count). The van der Waals surface area contributed by atoms with Crippen molar-refractivity contribution in [3.63, 3.8) is 0 Å². The first kappa shape index (κ1) is 18.4. The van der Waals surface area contributed by atoms with E-state index in [0.717, 1.165) is 41.0 Å². The Bertz CT molecular complexity index is 589. The molecule has 1 atom stereocenters. The van der Waals surface area contributed by atoms with Gasteiger partial charge in [0.05, 0.1) is 26.9 Å². The van der Waals surface area contributed by atoms with Crippen LogP contribution in [0.2, 0.25) is 0 Å². The number of carbonyl (C=O) groups is 1. The van der Waals surface area contributed by atoms with Crippen molar-refractivity contribution in [1.82, 2.24) is 10.2 Å². The van der Waals surface area contributed by atoms with E-state index in [1.54, 1.807) is 19.1 Å². The van der Waals surface area contributed by atoms with Gasteiger partial charge in [0.1, 0.15) is 11.5 Å². The average molecular weight is 336 g/mol. The number of hydrogen-bond acceptors (Lipinski definition) is 5. The molecule has 1 aromatic carbocycles. The molecule has 0 spiro atoms. The van der Waals surface area contributed by atoms with E-state index in [1.807, 2.05) is 20.0 Å². The van der Waals surface area contributed by atoms with Crippen LogP contribution in [0.1, 0.15) is 43.0 Å². The molecule has 1 heterocycles. The average Bonchev–Trinajstić information content (AvgIpc) is 2.60. The summed E-state index contributed by atoms with van der Waals surface area (Å²) in [5.41, 5.74) is 3.24. The molecule has 6 nitrogen and oxygen atoms in total. The highest BCUT2D eigenvalue weighted by Crippen LogP contribution is 2.44. The second kappa shape index (κ2) is 8.24. The van der Waals surface area contributed by atoms with E-state index >= 15 is 0 Å². The van der Waals surface area contributed by atoms with E-state index in [9.17, 15) is 4.79 Å². The molecule has 0 aliphatic carbocycles. The van der Waals surface area contributed by atoms with Crippen molar-refractivity contribution in [2.45, 2.75) is 39.3 Å². The lowest BCUT2D eigenvalue weighted by molar-refractivity contribution is 0.0845. The summed E-state index contributed by atoms with van der Waals surface area (Å²) in [5.74, 6) is 1.69. The molecule has 0 aromatic heterocycles. The number of ether oxygens (including phenoxy) is 3. The smallest absolute Gasteiger partial charge is 0.410 e. The van der Waals surface area contributed by atoms with Crippen LogP contribution < -0.4 is 14.8 Å². The Morgan fingerprint density at radius 3 is 2.62 bits per heavy atom. The standard InChI is InChI=1S/C18H28N2O4/c1-6-14-16-13(8-9-20(14)18(21)24-7-2)17(23-5)12(11-19-3)10-15(16)22-4/h10,14,19H,6-9,11H2,1-5H3. The minimum Gasteiger partial charge on any atom is -0.496 e. The predicted octanol–water partition coefficient (Wildman–Crippen LogP) is 2.89. The molecule has 0 radical (unpaired) electrons. The highest BCUT2D eigenvalue weighted by Gasteiger charge is 2.35. The Morgan fingerprint density at radius 2 is 2.08 bits per heavy atom. The summed E-state index contributed by atoms with van der Waals surface area (Å²) in [4.78, 5) is 14.1. The van der Waals surface area contributed by atoms with Gasteiger partial charge < -0.3 is 24.4 Å². The molecule has 134 valence electrons. The topological polar surface area (TPSA) is 60.0 Å². The zero-order valence-electron chi connectivity index (χ0n) is 15.3. The van der Waals surface area contributed by atoms with Gasteiger partial charge in [-0.05, 0) is 32.9 Å².